The maximum absolute atomic E-state index is 12.2. The van der Waals surface area contributed by atoms with Crippen molar-refractivity contribution < 1.29 is 14.5 Å². The molecule has 0 atom stereocenters. The van der Waals surface area contributed by atoms with Crippen LogP contribution in [0, 0.1) is 10.1 Å². The van der Waals surface area contributed by atoms with Crippen LogP contribution in [0.15, 0.2) is 52.3 Å². The molecule has 0 bridgehead atoms. The molecule has 1 N–H and O–H groups in total. The Morgan fingerprint density at radius 1 is 1.25 bits per heavy atom. The zero-order valence-electron chi connectivity index (χ0n) is 18.1. The molecule has 1 heterocycles. The second-order valence-electron chi connectivity index (χ2n) is 8.24. The second-order valence-corrected chi connectivity index (χ2v) is 9.95. The average molecular weight is 518 g/mol. The summed E-state index contributed by atoms with van der Waals surface area (Å²) in [6, 6.07) is 12.3. The van der Waals surface area contributed by atoms with Crippen LogP contribution in [0.5, 0.6) is 5.75 Å². The van der Waals surface area contributed by atoms with E-state index >= 15 is 0 Å². The number of nitrogens with one attached hydrogen (secondary N) is 1. The number of nitro benzene ring substituents is 1. The third-order valence-electron chi connectivity index (χ3n) is 4.71. The van der Waals surface area contributed by atoms with Gasteiger partial charge in [0.1, 0.15) is 5.75 Å². The van der Waals surface area contributed by atoms with Crippen LogP contribution in [-0.2, 0) is 10.2 Å². The van der Waals surface area contributed by atoms with E-state index in [0.717, 1.165) is 10.2 Å². The summed E-state index contributed by atoms with van der Waals surface area (Å²) in [5, 5.41) is 15.9. The fourth-order valence-electron chi connectivity index (χ4n) is 2.92. The Labute approximate surface area is 199 Å². The van der Waals surface area contributed by atoms with Crippen LogP contribution in [0.2, 0.25) is 0 Å². The van der Waals surface area contributed by atoms with Crippen LogP contribution in [0.4, 0.5) is 10.8 Å². The summed E-state index contributed by atoms with van der Waals surface area (Å²) in [7, 11) is 0. The molecule has 0 radical (unpaired) electrons. The molecule has 3 aromatic rings. The van der Waals surface area contributed by atoms with Gasteiger partial charge in [-0.3, -0.25) is 14.9 Å². The number of benzene rings is 2. The Hall–Kier alpha value is -2.78. The van der Waals surface area contributed by atoms with E-state index in [-0.39, 0.29) is 17.0 Å². The minimum Gasteiger partial charge on any atom is -0.492 e. The van der Waals surface area contributed by atoms with Crippen molar-refractivity contribution in [2.45, 2.75) is 39.0 Å². The molecule has 0 unspecified atom stereocenters. The predicted octanol–water partition coefficient (Wildman–Crippen LogP) is 6.58. The second kappa shape index (κ2) is 10.2. The minimum atomic E-state index is -0.446. The molecule has 3 rings (SSSR count). The van der Waals surface area contributed by atoms with Gasteiger partial charge in [0.2, 0.25) is 5.91 Å². The van der Waals surface area contributed by atoms with Gasteiger partial charge in [0, 0.05) is 29.5 Å². The first kappa shape index (κ1) is 23.9. The lowest BCUT2D eigenvalue weighted by Crippen LogP contribution is -2.13. The highest BCUT2D eigenvalue weighted by Gasteiger charge is 2.15. The molecule has 9 heteroatoms. The number of anilines is 1. The van der Waals surface area contributed by atoms with Crippen molar-refractivity contribution in [3.63, 3.8) is 0 Å². The van der Waals surface area contributed by atoms with Gasteiger partial charge in [-0.15, -0.1) is 11.3 Å². The molecule has 0 saturated carbocycles. The van der Waals surface area contributed by atoms with Gasteiger partial charge in [-0.25, -0.2) is 4.98 Å². The summed E-state index contributed by atoms with van der Waals surface area (Å²) in [6.07, 6.45) is 0.853. The van der Waals surface area contributed by atoms with Crippen molar-refractivity contribution in [2.75, 3.05) is 11.9 Å². The molecule has 32 heavy (non-hydrogen) atoms. The number of ether oxygens (including phenoxy) is 1. The molecule has 0 spiro atoms. The van der Waals surface area contributed by atoms with Gasteiger partial charge in [-0.05, 0) is 45.5 Å². The minimum absolute atomic E-state index is 0.000711. The number of nitro groups is 1. The molecular formula is C23H24BrN3O4S. The van der Waals surface area contributed by atoms with E-state index in [2.05, 4.69) is 53.1 Å². The number of hydrogen-bond acceptors (Lipinski definition) is 6. The maximum Gasteiger partial charge on any atom is 0.270 e. The van der Waals surface area contributed by atoms with Crippen LogP contribution >= 0.6 is 27.3 Å². The number of carbonyl (C=O) groups excluding carboxylic acids is 1. The van der Waals surface area contributed by atoms with Crippen LogP contribution in [0.1, 0.15) is 39.2 Å². The standard InChI is InChI=1S/C23H24BrN3O4S/c1-23(2,3)16-9-10-20(18(24)13-16)31-11-5-8-21(28)26-22-25-19(14-32-22)15-6-4-7-17(12-15)27(29)30/h4,6-7,9-10,12-14H,5,8,11H2,1-3H3,(H,25,26,28). The number of rotatable bonds is 8. The zero-order chi connectivity index (χ0) is 23.3. The number of aromatic nitrogens is 1. The normalized spacial score (nSPS) is 11.2. The molecule has 168 valence electrons. The van der Waals surface area contributed by atoms with E-state index in [9.17, 15) is 14.9 Å². The highest BCUT2D eigenvalue weighted by atomic mass is 79.9. The first-order valence-corrected chi connectivity index (χ1v) is 11.7. The third kappa shape index (κ3) is 6.37. The van der Waals surface area contributed by atoms with Crippen molar-refractivity contribution >= 4 is 44.0 Å². The van der Waals surface area contributed by atoms with Gasteiger partial charge < -0.3 is 10.1 Å². The molecule has 0 fully saturated rings. The molecular weight excluding hydrogens is 494 g/mol. The van der Waals surface area contributed by atoms with Crippen molar-refractivity contribution in [1.82, 2.24) is 4.98 Å². The van der Waals surface area contributed by atoms with Gasteiger partial charge in [0.25, 0.3) is 5.69 Å². The highest BCUT2D eigenvalue weighted by Crippen LogP contribution is 2.32. The smallest absolute Gasteiger partial charge is 0.270 e. The van der Waals surface area contributed by atoms with E-state index < -0.39 is 4.92 Å². The van der Waals surface area contributed by atoms with Crippen LogP contribution in [0.25, 0.3) is 11.3 Å². The third-order valence-corrected chi connectivity index (χ3v) is 6.08. The molecule has 1 amide bonds. The van der Waals surface area contributed by atoms with Crippen LogP contribution < -0.4 is 10.1 Å². The van der Waals surface area contributed by atoms with Crippen molar-refractivity contribution in [2.24, 2.45) is 0 Å². The number of non-ortho nitro benzene ring substituents is 1. The van der Waals surface area contributed by atoms with Gasteiger partial charge in [-0.2, -0.15) is 0 Å². The summed E-state index contributed by atoms with van der Waals surface area (Å²) in [4.78, 5) is 27.1. The van der Waals surface area contributed by atoms with Crippen molar-refractivity contribution in [3.05, 3.63) is 68.0 Å². The van der Waals surface area contributed by atoms with Gasteiger partial charge in [0.15, 0.2) is 5.13 Å². The summed E-state index contributed by atoms with van der Waals surface area (Å²) in [6.45, 7) is 6.88. The zero-order valence-corrected chi connectivity index (χ0v) is 20.5. The molecule has 0 saturated heterocycles. The topological polar surface area (TPSA) is 94.4 Å². The molecule has 2 aromatic carbocycles. The van der Waals surface area contributed by atoms with E-state index in [4.69, 9.17) is 4.74 Å². The van der Waals surface area contributed by atoms with Gasteiger partial charge in [0.05, 0.1) is 21.7 Å². The first-order valence-electron chi connectivity index (χ1n) is 10.1. The average Bonchev–Trinajstić information content (AvgIpc) is 3.20. The molecule has 0 aliphatic heterocycles. The largest absolute Gasteiger partial charge is 0.492 e. The summed E-state index contributed by atoms with van der Waals surface area (Å²) < 4.78 is 6.70. The van der Waals surface area contributed by atoms with E-state index in [1.807, 2.05) is 12.1 Å². The number of nitrogens with zero attached hydrogens (tertiary/aromatic N) is 2. The van der Waals surface area contributed by atoms with Gasteiger partial charge >= 0.3 is 0 Å². The lowest BCUT2D eigenvalue weighted by molar-refractivity contribution is -0.384. The molecule has 0 aliphatic carbocycles. The predicted molar refractivity (Wildman–Crippen MR) is 130 cm³/mol. The summed E-state index contributed by atoms with van der Waals surface area (Å²) >= 11 is 4.83. The summed E-state index contributed by atoms with van der Waals surface area (Å²) in [5.74, 6) is 0.593. The number of hydrogen-bond donors (Lipinski definition) is 1. The van der Waals surface area contributed by atoms with E-state index in [1.165, 1.54) is 29.0 Å². The number of amides is 1. The monoisotopic (exact) mass is 517 g/mol. The van der Waals surface area contributed by atoms with E-state index in [1.54, 1.807) is 17.5 Å². The fourth-order valence-corrected chi connectivity index (χ4v) is 4.15. The lowest BCUT2D eigenvalue weighted by Gasteiger charge is -2.20. The van der Waals surface area contributed by atoms with E-state index in [0.29, 0.717) is 35.8 Å². The van der Waals surface area contributed by atoms with Crippen molar-refractivity contribution in [1.29, 1.82) is 0 Å². The quantitative estimate of drug-likeness (QED) is 0.207. The molecule has 0 aliphatic rings. The fraction of sp³-hybridized carbons (Fsp3) is 0.304. The Bertz CT molecular complexity index is 1120. The van der Waals surface area contributed by atoms with Gasteiger partial charge in [-0.1, -0.05) is 39.0 Å². The molecule has 7 nitrogen and oxygen atoms in total. The van der Waals surface area contributed by atoms with Crippen LogP contribution in [-0.4, -0.2) is 22.4 Å². The lowest BCUT2D eigenvalue weighted by atomic mass is 9.87. The Morgan fingerprint density at radius 3 is 2.72 bits per heavy atom. The first-order chi connectivity index (χ1) is 15.1. The van der Waals surface area contributed by atoms with Crippen LogP contribution in [0.3, 0.4) is 0 Å². The maximum atomic E-state index is 12.2. The Morgan fingerprint density at radius 2 is 2.03 bits per heavy atom. The van der Waals surface area contributed by atoms with Crippen molar-refractivity contribution in [3.8, 4) is 17.0 Å². The SMILES string of the molecule is CC(C)(C)c1ccc(OCCCC(=O)Nc2nc(-c3cccc([N+](=O)[O-])c3)cs2)c(Br)c1. The molecule has 1 aromatic heterocycles. The number of carbonyl (C=O) groups is 1. The summed E-state index contributed by atoms with van der Waals surface area (Å²) in [5.41, 5.74) is 2.49. The Kier molecular flexibility index (Phi) is 7.63. The number of halogens is 1. The highest BCUT2D eigenvalue weighted by molar-refractivity contribution is 9.10. The Balaban J connectivity index is 1.48. The number of thiazole rings is 1.